The van der Waals surface area contributed by atoms with Crippen LogP contribution < -0.4 is 5.46 Å². The van der Waals surface area contributed by atoms with Gasteiger partial charge in [-0.1, -0.05) is 29.7 Å². The first-order valence-corrected chi connectivity index (χ1v) is 3.47. The highest BCUT2D eigenvalue weighted by atomic mass is 14.6. The molecule has 0 fully saturated rings. The Morgan fingerprint density at radius 2 is 1.91 bits per heavy atom. The minimum Gasteiger partial charge on any atom is -0.256 e. The van der Waals surface area contributed by atoms with E-state index in [4.69, 9.17) is 7.85 Å². The largest absolute Gasteiger partial charge is 0.256 e. The van der Waals surface area contributed by atoms with Crippen molar-refractivity contribution in [1.82, 2.24) is 4.98 Å². The van der Waals surface area contributed by atoms with Crippen molar-refractivity contribution in [2.75, 3.05) is 0 Å². The van der Waals surface area contributed by atoms with Crippen LogP contribution in [0.5, 0.6) is 0 Å². The van der Waals surface area contributed by atoms with Crippen LogP contribution in [0.2, 0.25) is 0 Å². The van der Waals surface area contributed by atoms with Gasteiger partial charge in [-0.25, -0.2) is 0 Å². The summed E-state index contributed by atoms with van der Waals surface area (Å²) in [6.07, 6.45) is 1.72. The number of hydrogen-bond donors (Lipinski definition) is 0. The van der Waals surface area contributed by atoms with Crippen molar-refractivity contribution in [2.24, 2.45) is 0 Å². The van der Waals surface area contributed by atoms with Crippen molar-refractivity contribution in [3.63, 3.8) is 0 Å². The number of benzene rings is 1. The Balaban J connectivity index is 2.91. The molecule has 2 heteroatoms. The van der Waals surface area contributed by atoms with Crippen LogP contribution in [0, 0.1) is 0 Å². The highest BCUT2D eigenvalue weighted by Crippen LogP contribution is 2.05. The number of pyridine rings is 1. The second kappa shape index (κ2) is 2.38. The molecule has 0 bridgehead atoms. The van der Waals surface area contributed by atoms with E-state index in [0.29, 0.717) is 0 Å². The van der Waals surface area contributed by atoms with Gasteiger partial charge in [0, 0.05) is 6.20 Å². The molecule has 0 saturated carbocycles. The smallest absolute Gasteiger partial charge is 0.114 e. The quantitative estimate of drug-likeness (QED) is 0.496. The lowest BCUT2D eigenvalue weighted by Crippen LogP contribution is -2.03. The van der Waals surface area contributed by atoms with E-state index >= 15 is 0 Å². The van der Waals surface area contributed by atoms with Gasteiger partial charge in [0.15, 0.2) is 0 Å². The molecule has 0 unspecified atom stereocenters. The van der Waals surface area contributed by atoms with Crippen LogP contribution in [0.15, 0.2) is 36.5 Å². The van der Waals surface area contributed by atoms with Crippen LogP contribution in [0.4, 0.5) is 0 Å². The lowest BCUT2D eigenvalue weighted by molar-refractivity contribution is 1.42. The van der Waals surface area contributed by atoms with Crippen LogP contribution >= 0.6 is 0 Å². The Morgan fingerprint density at radius 1 is 1.09 bits per heavy atom. The van der Waals surface area contributed by atoms with Gasteiger partial charge < -0.3 is 0 Å². The Morgan fingerprint density at radius 3 is 2.73 bits per heavy atom. The Labute approximate surface area is 66.5 Å². The molecule has 0 aliphatic heterocycles. The molecule has 2 aromatic rings. The van der Waals surface area contributed by atoms with Crippen LogP contribution in [0.3, 0.4) is 0 Å². The molecule has 1 aromatic carbocycles. The third-order valence-electron chi connectivity index (χ3n) is 1.68. The van der Waals surface area contributed by atoms with Crippen molar-refractivity contribution in [1.29, 1.82) is 0 Å². The number of para-hydroxylation sites is 1. The first-order chi connectivity index (χ1) is 5.38. The molecule has 0 amide bonds. The summed E-state index contributed by atoms with van der Waals surface area (Å²) < 4.78 is 0. The van der Waals surface area contributed by atoms with Gasteiger partial charge in [-0.05, 0) is 11.5 Å². The molecule has 2 rings (SSSR count). The van der Waals surface area contributed by atoms with Gasteiger partial charge in [-0.2, -0.15) is 0 Å². The van der Waals surface area contributed by atoms with E-state index in [9.17, 15) is 0 Å². The van der Waals surface area contributed by atoms with E-state index in [0.717, 1.165) is 16.4 Å². The lowest BCUT2D eigenvalue weighted by atomic mass is 9.93. The predicted molar refractivity (Wildman–Crippen MR) is 47.1 cm³/mol. The van der Waals surface area contributed by atoms with Gasteiger partial charge in [0.25, 0.3) is 0 Å². The zero-order chi connectivity index (χ0) is 7.68. The van der Waals surface area contributed by atoms with E-state index in [1.807, 2.05) is 30.3 Å². The molecular formula is C9H6BN. The normalized spacial score (nSPS) is 10.2. The zero-order valence-corrected chi connectivity index (χ0v) is 5.99. The molecule has 1 aromatic heterocycles. The van der Waals surface area contributed by atoms with Gasteiger partial charge >= 0.3 is 0 Å². The summed E-state index contributed by atoms with van der Waals surface area (Å²) in [5.41, 5.74) is 1.74. The first kappa shape index (κ1) is 6.41. The molecule has 0 spiro atoms. The minimum absolute atomic E-state index is 0.788. The van der Waals surface area contributed by atoms with Crippen molar-refractivity contribution >= 4 is 24.2 Å². The summed E-state index contributed by atoms with van der Waals surface area (Å²) in [5, 5.41) is 1.02. The van der Waals surface area contributed by atoms with Gasteiger partial charge in [-0.3, -0.25) is 4.98 Å². The third kappa shape index (κ3) is 1.00. The standard InChI is InChI=1S/C9H6BN/c10-8-5-6-11-9-4-2-1-3-7(8)9/h1-6H. The summed E-state index contributed by atoms with van der Waals surface area (Å²) in [6.45, 7) is 0. The summed E-state index contributed by atoms with van der Waals surface area (Å²) >= 11 is 0. The molecule has 0 N–H and O–H groups in total. The first-order valence-electron chi connectivity index (χ1n) is 3.47. The minimum atomic E-state index is 0.788. The fraction of sp³-hybridized carbons (Fsp3) is 0. The number of rotatable bonds is 0. The number of fused-ring (bicyclic) bond motifs is 1. The Kier molecular flexibility index (Phi) is 1.39. The second-order valence-corrected chi connectivity index (χ2v) is 2.42. The van der Waals surface area contributed by atoms with Gasteiger partial charge in [0.05, 0.1) is 5.52 Å². The van der Waals surface area contributed by atoms with Crippen LogP contribution in [0.1, 0.15) is 0 Å². The summed E-state index contributed by atoms with van der Waals surface area (Å²) in [4.78, 5) is 4.16. The second-order valence-electron chi connectivity index (χ2n) is 2.42. The highest BCUT2D eigenvalue weighted by Gasteiger charge is 1.93. The lowest BCUT2D eigenvalue weighted by Gasteiger charge is -1.98. The van der Waals surface area contributed by atoms with Crippen molar-refractivity contribution in [3.05, 3.63) is 36.5 Å². The highest BCUT2D eigenvalue weighted by molar-refractivity contribution is 6.38. The molecule has 0 aliphatic carbocycles. The van der Waals surface area contributed by atoms with Crippen LogP contribution in [-0.4, -0.2) is 12.8 Å². The van der Waals surface area contributed by atoms with Crippen LogP contribution in [-0.2, 0) is 0 Å². The number of hydrogen-bond acceptors (Lipinski definition) is 1. The summed E-state index contributed by atoms with van der Waals surface area (Å²) in [7, 11) is 5.72. The van der Waals surface area contributed by atoms with Gasteiger partial charge in [0.2, 0.25) is 0 Å². The Hall–Kier alpha value is -1.31. The average molecular weight is 139 g/mol. The Bertz CT molecular complexity index is 379. The maximum Gasteiger partial charge on any atom is 0.114 e. The monoisotopic (exact) mass is 139 g/mol. The molecule has 2 radical (unpaired) electrons. The van der Waals surface area contributed by atoms with Crippen LogP contribution in [0.25, 0.3) is 10.9 Å². The molecule has 0 saturated heterocycles. The van der Waals surface area contributed by atoms with E-state index in [1.165, 1.54) is 0 Å². The summed E-state index contributed by atoms with van der Waals surface area (Å²) in [5.74, 6) is 0. The fourth-order valence-electron chi connectivity index (χ4n) is 1.12. The fourth-order valence-corrected chi connectivity index (χ4v) is 1.12. The van der Waals surface area contributed by atoms with E-state index < -0.39 is 0 Å². The molecule has 1 heterocycles. The van der Waals surface area contributed by atoms with Gasteiger partial charge in [0.1, 0.15) is 7.85 Å². The SMILES string of the molecule is [B]c1ccnc2ccccc12. The predicted octanol–water partition coefficient (Wildman–Crippen LogP) is 1.03. The van der Waals surface area contributed by atoms with Crippen molar-refractivity contribution < 1.29 is 0 Å². The average Bonchev–Trinajstić information content (AvgIpc) is 2.06. The zero-order valence-electron chi connectivity index (χ0n) is 5.99. The third-order valence-corrected chi connectivity index (χ3v) is 1.68. The molecule has 1 nitrogen and oxygen atoms in total. The maximum absolute atomic E-state index is 5.72. The summed E-state index contributed by atoms with van der Waals surface area (Å²) in [6, 6.07) is 9.64. The molecule has 0 atom stereocenters. The molecule has 0 aliphatic rings. The number of aromatic nitrogens is 1. The van der Waals surface area contributed by atoms with E-state index in [2.05, 4.69) is 4.98 Å². The maximum atomic E-state index is 5.72. The van der Waals surface area contributed by atoms with Crippen molar-refractivity contribution in [2.45, 2.75) is 0 Å². The molecule has 11 heavy (non-hydrogen) atoms. The molecular weight excluding hydrogens is 133 g/mol. The topological polar surface area (TPSA) is 12.9 Å². The number of nitrogens with zero attached hydrogens (tertiary/aromatic N) is 1. The molecule has 50 valence electrons. The van der Waals surface area contributed by atoms with Crippen molar-refractivity contribution in [3.8, 4) is 0 Å². The van der Waals surface area contributed by atoms with Gasteiger partial charge in [-0.15, -0.1) is 0 Å². The van der Waals surface area contributed by atoms with E-state index in [-0.39, 0.29) is 0 Å². The van der Waals surface area contributed by atoms with E-state index in [1.54, 1.807) is 6.20 Å².